The molecule has 2 aromatic heterocycles. The number of hydrogen-bond donors (Lipinski definition) is 0. The molecule has 6 nitrogen and oxygen atoms in total. The van der Waals surface area contributed by atoms with Crippen LogP contribution in [0.3, 0.4) is 0 Å². The Morgan fingerprint density at radius 3 is 2.33 bits per heavy atom. The molecule has 2 aromatic carbocycles. The molecule has 0 aliphatic carbocycles. The molecule has 0 spiro atoms. The van der Waals surface area contributed by atoms with E-state index >= 15 is 0 Å². The number of halogens is 7. The third-order valence-electron chi connectivity index (χ3n) is 8.38. The van der Waals surface area contributed by atoms with Crippen LogP contribution >= 0.6 is 48.8 Å². The molecule has 13 heteroatoms. The first kappa shape index (κ1) is 37.7. The van der Waals surface area contributed by atoms with E-state index in [1.807, 2.05) is 36.5 Å². The van der Waals surface area contributed by atoms with Gasteiger partial charge in [-0.3, -0.25) is 19.6 Å². The first-order chi connectivity index (χ1) is 20.7. The van der Waals surface area contributed by atoms with Crippen molar-refractivity contribution in [2.75, 3.05) is 39.3 Å². The van der Waals surface area contributed by atoms with E-state index in [9.17, 15) is 18.0 Å². The predicted molar refractivity (Wildman–Crippen MR) is 182 cm³/mol. The van der Waals surface area contributed by atoms with Crippen LogP contribution in [0.25, 0.3) is 5.69 Å². The summed E-state index contributed by atoms with van der Waals surface area (Å²) < 4.78 is 43.3. The molecule has 0 radical (unpaired) electrons. The van der Waals surface area contributed by atoms with Crippen molar-refractivity contribution in [2.45, 2.75) is 31.6 Å². The Kier molecular flexibility index (Phi) is 13.4. The minimum Gasteiger partial charge on any atom is -0.333 e. The smallest absolute Gasteiger partial charge is 0.333 e. The molecule has 4 aromatic rings. The van der Waals surface area contributed by atoms with Crippen LogP contribution < -0.4 is 0 Å². The number of hydrogen-bond acceptors (Lipinski definition) is 4. The van der Waals surface area contributed by atoms with Gasteiger partial charge in [-0.05, 0) is 66.1 Å². The molecule has 1 fully saturated rings. The van der Waals surface area contributed by atoms with Crippen molar-refractivity contribution in [1.82, 2.24) is 24.3 Å². The summed E-state index contributed by atoms with van der Waals surface area (Å²) in [4.78, 5) is 25.0. The highest BCUT2D eigenvalue weighted by atomic mass is 35.5. The van der Waals surface area contributed by atoms with Gasteiger partial charge in [0.05, 0.1) is 5.56 Å². The number of pyridine rings is 1. The summed E-state index contributed by atoms with van der Waals surface area (Å²) in [5.74, 6) is -0.391. The monoisotopic (exact) mass is 715 g/mol. The van der Waals surface area contributed by atoms with E-state index in [1.54, 1.807) is 40.1 Å². The van der Waals surface area contributed by atoms with Crippen LogP contribution in [-0.2, 0) is 25.6 Å². The maximum absolute atomic E-state index is 14.0. The fourth-order valence-corrected chi connectivity index (χ4v) is 6.20. The highest BCUT2D eigenvalue weighted by Crippen LogP contribution is 2.32. The van der Waals surface area contributed by atoms with E-state index in [1.165, 1.54) is 11.3 Å². The number of rotatable bonds is 7. The molecule has 6 rings (SSSR count). The molecule has 0 bridgehead atoms. The molecule has 1 saturated heterocycles. The number of nitrogens with zero attached hydrogens (tertiary/aromatic N) is 5. The second-order valence-corrected chi connectivity index (χ2v) is 11.7. The fraction of sp³-hybridized carbons (Fsp3) is 0.333. The molecule has 2 aliphatic rings. The Labute approximate surface area is 290 Å². The van der Waals surface area contributed by atoms with Gasteiger partial charge in [0.2, 0.25) is 0 Å². The number of amides is 1. The summed E-state index contributed by atoms with van der Waals surface area (Å²) in [6.07, 6.45) is 2.11. The van der Waals surface area contributed by atoms with Crippen molar-refractivity contribution in [3.05, 3.63) is 118 Å². The second kappa shape index (κ2) is 16.4. The van der Waals surface area contributed by atoms with Crippen molar-refractivity contribution < 1.29 is 18.0 Å². The van der Waals surface area contributed by atoms with Crippen molar-refractivity contribution in [3.63, 3.8) is 0 Å². The molecule has 46 heavy (non-hydrogen) atoms. The summed E-state index contributed by atoms with van der Waals surface area (Å²) in [6, 6.07) is 18.5. The average molecular weight is 717 g/mol. The highest BCUT2D eigenvalue weighted by Gasteiger charge is 2.35. The number of alkyl halides is 3. The van der Waals surface area contributed by atoms with Gasteiger partial charge in [0, 0.05) is 98.8 Å². The van der Waals surface area contributed by atoms with Crippen LogP contribution in [0.2, 0.25) is 5.02 Å². The molecule has 1 amide bonds. The summed E-state index contributed by atoms with van der Waals surface area (Å²) in [5, 5.41) is 0.627. The zero-order valence-corrected chi connectivity index (χ0v) is 28.1. The van der Waals surface area contributed by atoms with Gasteiger partial charge in [0.25, 0.3) is 5.91 Å². The second-order valence-electron chi connectivity index (χ2n) is 11.3. The topological polar surface area (TPSA) is 44.6 Å². The summed E-state index contributed by atoms with van der Waals surface area (Å²) in [6.45, 7) is 5.27. The van der Waals surface area contributed by atoms with E-state index in [0.717, 1.165) is 50.3 Å². The SMILES string of the molecule is Cl.Cl.Cl.O=C(c1cc(-n2cccc2)cc(C(F)(F)F)c1)N1CCN(CCN2CCc3ncccc3C2)C[C@H]1Cc1ccc(Cl)cc1. The fourth-order valence-electron chi connectivity index (χ4n) is 6.08. The number of carbonyl (C=O) groups is 1. The van der Waals surface area contributed by atoms with Crippen LogP contribution in [0.5, 0.6) is 0 Å². The van der Waals surface area contributed by atoms with Crippen LogP contribution in [-0.4, -0.2) is 75.5 Å². The van der Waals surface area contributed by atoms with Gasteiger partial charge < -0.3 is 9.47 Å². The Balaban J connectivity index is 0.00000192. The predicted octanol–water partition coefficient (Wildman–Crippen LogP) is 7.24. The van der Waals surface area contributed by atoms with E-state index < -0.39 is 17.6 Å². The van der Waals surface area contributed by atoms with Crippen molar-refractivity contribution in [1.29, 1.82) is 0 Å². The van der Waals surface area contributed by atoms with Crippen LogP contribution in [0.4, 0.5) is 13.2 Å². The van der Waals surface area contributed by atoms with Gasteiger partial charge in [-0.1, -0.05) is 29.8 Å². The lowest BCUT2D eigenvalue weighted by Crippen LogP contribution is -2.57. The largest absolute Gasteiger partial charge is 0.416 e. The third kappa shape index (κ3) is 8.97. The van der Waals surface area contributed by atoms with E-state index in [2.05, 4.69) is 20.9 Å². The minimum absolute atomic E-state index is 0. The summed E-state index contributed by atoms with van der Waals surface area (Å²) in [7, 11) is 0. The van der Waals surface area contributed by atoms with Crippen molar-refractivity contribution in [3.8, 4) is 5.69 Å². The average Bonchev–Trinajstić information content (AvgIpc) is 3.56. The Bertz CT molecular complexity index is 1570. The molecule has 1 atom stereocenters. The quantitative estimate of drug-likeness (QED) is 0.203. The van der Waals surface area contributed by atoms with Gasteiger partial charge in [-0.15, -0.1) is 37.2 Å². The molecule has 2 aliphatic heterocycles. The summed E-state index contributed by atoms with van der Waals surface area (Å²) in [5.41, 5.74) is 2.95. The molecule has 4 heterocycles. The van der Waals surface area contributed by atoms with Gasteiger partial charge >= 0.3 is 6.18 Å². The lowest BCUT2D eigenvalue weighted by Gasteiger charge is -2.42. The number of piperazine rings is 1. The Morgan fingerprint density at radius 2 is 1.61 bits per heavy atom. The zero-order chi connectivity index (χ0) is 30.0. The van der Waals surface area contributed by atoms with Gasteiger partial charge in [-0.25, -0.2) is 0 Å². The minimum atomic E-state index is -4.58. The first-order valence-electron chi connectivity index (χ1n) is 14.5. The number of carbonyl (C=O) groups excluding carboxylic acids is 1. The van der Waals surface area contributed by atoms with Gasteiger partial charge in [0.15, 0.2) is 0 Å². The van der Waals surface area contributed by atoms with Crippen LogP contribution in [0.15, 0.2) is 85.3 Å². The lowest BCUT2D eigenvalue weighted by molar-refractivity contribution is -0.137. The van der Waals surface area contributed by atoms with Crippen molar-refractivity contribution >= 4 is 54.7 Å². The summed E-state index contributed by atoms with van der Waals surface area (Å²) >= 11 is 6.12. The molecule has 0 saturated carbocycles. The molecule has 0 unspecified atom stereocenters. The van der Waals surface area contributed by atoms with E-state index in [-0.39, 0.29) is 48.8 Å². The number of aromatic nitrogens is 2. The van der Waals surface area contributed by atoms with Crippen LogP contribution in [0.1, 0.15) is 32.7 Å². The van der Waals surface area contributed by atoms with Crippen molar-refractivity contribution in [2.24, 2.45) is 0 Å². The van der Waals surface area contributed by atoms with Gasteiger partial charge in [-0.2, -0.15) is 13.2 Å². The first-order valence-corrected chi connectivity index (χ1v) is 14.9. The third-order valence-corrected chi connectivity index (χ3v) is 8.63. The van der Waals surface area contributed by atoms with Gasteiger partial charge in [0.1, 0.15) is 0 Å². The molecular formula is C33H36Cl4F3N5O. The number of benzene rings is 2. The molecular weight excluding hydrogens is 681 g/mol. The van der Waals surface area contributed by atoms with Crippen LogP contribution in [0, 0.1) is 0 Å². The maximum atomic E-state index is 14.0. The molecule has 0 N–H and O–H groups in total. The highest BCUT2D eigenvalue weighted by molar-refractivity contribution is 6.30. The zero-order valence-electron chi connectivity index (χ0n) is 24.9. The lowest BCUT2D eigenvalue weighted by atomic mass is 9.99. The van der Waals surface area contributed by atoms with E-state index in [4.69, 9.17) is 11.6 Å². The standard InChI is InChI=1S/C33H33ClF3N5O.3ClH/c34-28-7-5-24(6-8-28)18-30-23-40(15-14-39-13-9-31-25(22-39)4-3-10-38-31)16-17-42(30)32(43)26-19-27(33(35,36)37)21-29(20-26)41-11-1-2-12-41;;;/h1-8,10-12,19-21,30H,9,13-18,22-23H2;3*1H/t30-;;;/m1.../s1. The van der Waals surface area contributed by atoms with E-state index in [0.29, 0.717) is 36.8 Å². The number of fused-ring (bicyclic) bond motifs is 1. The normalized spacial score (nSPS) is 16.9. The maximum Gasteiger partial charge on any atom is 0.416 e. The Hall–Kier alpha value is -2.79. The Morgan fingerprint density at radius 1 is 0.891 bits per heavy atom. The molecule has 248 valence electrons.